The molecule has 80 valence electrons. The van der Waals surface area contributed by atoms with Crippen molar-refractivity contribution in [2.24, 2.45) is 0 Å². The standard InChI is InChI=1S/C9H14O4S/c1-6-4-13-7(2)9(6)8(10)5-14(3,11)12/h4,8,10H,5H2,1-3H3/t8-/m0/s1. The second-order valence-electron chi connectivity index (χ2n) is 3.50. The molecular formula is C9H14O4S. The fourth-order valence-corrected chi connectivity index (χ4v) is 2.19. The minimum atomic E-state index is -3.17. The maximum Gasteiger partial charge on any atom is 0.150 e. The quantitative estimate of drug-likeness (QED) is 0.821. The van der Waals surface area contributed by atoms with E-state index in [1.807, 2.05) is 0 Å². The summed E-state index contributed by atoms with van der Waals surface area (Å²) < 4.78 is 27.0. The van der Waals surface area contributed by atoms with Crippen molar-refractivity contribution in [3.8, 4) is 0 Å². The maximum absolute atomic E-state index is 11.0. The average molecular weight is 218 g/mol. The molecule has 5 heteroatoms. The second-order valence-corrected chi connectivity index (χ2v) is 5.68. The smallest absolute Gasteiger partial charge is 0.150 e. The zero-order valence-electron chi connectivity index (χ0n) is 8.44. The highest BCUT2D eigenvalue weighted by Gasteiger charge is 2.20. The van der Waals surface area contributed by atoms with E-state index in [1.165, 1.54) is 6.26 Å². The molecule has 0 aliphatic heterocycles. The van der Waals surface area contributed by atoms with Gasteiger partial charge in [0, 0.05) is 11.8 Å². The number of hydrogen-bond acceptors (Lipinski definition) is 4. The highest BCUT2D eigenvalue weighted by atomic mass is 32.2. The van der Waals surface area contributed by atoms with Crippen LogP contribution in [0.4, 0.5) is 0 Å². The first-order chi connectivity index (χ1) is 6.31. The van der Waals surface area contributed by atoms with Crippen molar-refractivity contribution in [3.05, 3.63) is 23.2 Å². The van der Waals surface area contributed by atoms with Gasteiger partial charge in [0.05, 0.1) is 18.1 Å². The molecule has 0 aliphatic rings. The highest BCUT2D eigenvalue weighted by molar-refractivity contribution is 7.90. The normalized spacial score (nSPS) is 14.3. The van der Waals surface area contributed by atoms with Gasteiger partial charge in [0.1, 0.15) is 15.6 Å². The summed E-state index contributed by atoms with van der Waals surface area (Å²) in [7, 11) is -3.17. The van der Waals surface area contributed by atoms with Crippen LogP contribution >= 0.6 is 0 Å². The summed E-state index contributed by atoms with van der Waals surface area (Å²) in [5.41, 5.74) is 1.36. The minimum absolute atomic E-state index is 0.270. The van der Waals surface area contributed by atoms with E-state index in [0.717, 1.165) is 11.8 Å². The largest absolute Gasteiger partial charge is 0.469 e. The molecule has 0 bridgehead atoms. The Morgan fingerprint density at radius 2 is 2.07 bits per heavy atom. The average Bonchev–Trinajstić information content (AvgIpc) is 2.27. The van der Waals surface area contributed by atoms with E-state index in [1.54, 1.807) is 13.8 Å². The Bertz CT molecular complexity index is 397. The molecule has 1 N–H and O–H groups in total. The Morgan fingerprint density at radius 1 is 1.50 bits per heavy atom. The number of furan rings is 1. The topological polar surface area (TPSA) is 67.5 Å². The van der Waals surface area contributed by atoms with Crippen LogP contribution in [0.1, 0.15) is 23.0 Å². The lowest BCUT2D eigenvalue weighted by Gasteiger charge is -2.09. The van der Waals surface area contributed by atoms with Gasteiger partial charge in [-0.05, 0) is 19.4 Å². The van der Waals surface area contributed by atoms with Crippen molar-refractivity contribution in [2.45, 2.75) is 20.0 Å². The van der Waals surface area contributed by atoms with Crippen LogP contribution in [0, 0.1) is 13.8 Å². The van der Waals surface area contributed by atoms with Gasteiger partial charge in [-0.1, -0.05) is 0 Å². The zero-order valence-corrected chi connectivity index (χ0v) is 9.26. The molecule has 0 saturated carbocycles. The van der Waals surface area contributed by atoms with Crippen molar-refractivity contribution < 1.29 is 17.9 Å². The third kappa shape index (κ3) is 2.59. The van der Waals surface area contributed by atoms with Gasteiger partial charge in [0.2, 0.25) is 0 Å². The molecule has 0 aliphatic carbocycles. The van der Waals surface area contributed by atoms with Gasteiger partial charge in [-0.2, -0.15) is 0 Å². The monoisotopic (exact) mass is 218 g/mol. The number of aryl methyl sites for hydroxylation is 2. The van der Waals surface area contributed by atoms with Crippen molar-refractivity contribution in [1.82, 2.24) is 0 Å². The molecule has 1 aromatic rings. The van der Waals surface area contributed by atoms with Crippen molar-refractivity contribution in [2.75, 3.05) is 12.0 Å². The number of aliphatic hydroxyl groups excluding tert-OH is 1. The third-order valence-electron chi connectivity index (χ3n) is 2.01. The summed E-state index contributed by atoms with van der Waals surface area (Å²) in [6, 6.07) is 0. The molecule has 14 heavy (non-hydrogen) atoms. The Labute approximate surface area is 83.5 Å². The minimum Gasteiger partial charge on any atom is -0.469 e. The number of sulfone groups is 1. The molecule has 1 aromatic heterocycles. The first kappa shape index (κ1) is 11.3. The molecule has 0 radical (unpaired) electrons. The zero-order chi connectivity index (χ0) is 10.9. The molecule has 0 spiro atoms. The van der Waals surface area contributed by atoms with Crippen LogP contribution in [0.15, 0.2) is 10.7 Å². The number of rotatable bonds is 3. The van der Waals surface area contributed by atoms with Gasteiger partial charge in [-0.25, -0.2) is 8.42 Å². The summed E-state index contributed by atoms with van der Waals surface area (Å²) in [5, 5.41) is 9.67. The summed E-state index contributed by atoms with van der Waals surface area (Å²) in [5.74, 6) is 0.299. The van der Waals surface area contributed by atoms with Gasteiger partial charge in [-0.15, -0.1) is 0 Å². The molecule has 0 unspecified atom stereocenters. The lowest BCUT2D eigenvalue weighted by Crippen LogP contribution is -2.13. The summed E-state index contributed by atoms with van der Waals surface area (Å²) >= 11 is 0. The number of hydrogen-bond donors (Lipinski definition) is 1. The van der Waals surface area contributed by atoms with E-state index < -0.39 is 15.9 Å². The van der Waals surface area contributed by atoms with Crippen molar-refractivity contribution in [3.63, 3.8) is 0 Å². The second kappa shape index (κ2) is 3.74. The Kier molecular flexibility index (Phi) is 3.01. The van der Waals surface area contributed by atoms with Crippen LogP contribution < -0.4 is 0 Å². The van der Waals surface area contributed by atoms with E-state index in [0.29, 0.717) is 11.3 Å². The van der Waals surface area contributed by atoms with Crippen LogP contribution in [-0.4, -0.2) is 25.5 Å². The molecule has 1 heterocycles. The summed E-state index contributed by atoms with van der Waals surface area (Å²) in [4.78, 5) is 0. The molecule has 0 fully saturated rings. The van der Waals surface area contributed by atoms with Crippen LogP contribution in [-0.2, 0) is 9.84 Å². The van der Waals surface area contributed by atoms with Crippen molar-refractivity contribution >= 4 is 9.84 Å². The molecule has 4 nitrogen and oxygen atoms in total. The van der Waals surface area contributed by atoms with E-state index >= 15 is 0 Å². The van der Waals surface area contributed by atoms with Gasteiger partial charge in [0.15, 0.2) is 0 Å². The Morgan fingerprint density at radius 3 is 2.43 bits per heavy atom. The fourth-order valence-electron chi connectivity index (χ4n) is 1.45. The van der Waals surface area contributed by atoms with Gasteiger partial charge < -0.3 is 9.52 Å². The van der Waals surface area contributed by atoms with Gasteiger partial charge >= 0.3 is 0 Å². The van der Waals surface area contributed by atoms with E-state index in [2.05, 4.69) is 0 Å². The summed E-state index contributed by atoms with van der Waals surface area (Å²) in [6.07, 6.45) is 1.61. The first-order valence-electron chi connectivity index (χ1n) is 4.21. The van der Waals surface area contributed by atoms with Crippen LogP contribution in [0.5, 0.6) is 0 Å². The predicted octanol–water partition coefficient (Wildman–Crippen LogP) is 0.974. The Balaban J connectivity index is 2.95. The molecule has 0 saturated heterocycles. The lowest BCUT2D eigenvalue weighted by molar-refractivity contribution is 0.199. The van der Waals surface area contributed by atoms with Crippen LogP contribution in [0.3, 0.4) is 0 Å². The third-order valence-corrected chi connectivity index (χ3v) is 2.93. The molecule has 0 amide bonds. The van der Waals surface area contributed by atoms with E-state index in [4.69, 9.17) is 4.42 Å². The van der Waals surface area contributed by atoms with Crippen molar-refractivity contribution in [1.29, 1.82) is 0 Å². The molecule has 1 rings (SSSR count). The highest BCUT2D eigenvalue weighted by Crippen LogP contribution is 2.24. The molecule has 1 atom stereocenters. The van der Waals surface area contributed by atoms with E-state index in [9.17, 15) is 13.5 Å². The van der Waals surface area contributed by atoms with Gasteiger partial charge in [0.25, 0.3) is 0 Å². The number of aliphatic hydroxyl groups is 1. The fraction of sp³-hybridized carbons (Fsp3) is 0.556. The van der Waals surface area contributed by atoms with E-state index in [-0.39, 0.29) is 5.75 Å². The first-order valence-corrected chi connectivity index (χ1v) is 6.27. The SMILES string of the molecule is Cc1coc(C)c1[C@@H](O)CS(C)(=O)=O. The molecule has 0 aromatic carbocycles. The summed E-state index contributed by atoms with van der Waals surface area (Å²) in [6.45, 7) is 3.48. The Hall–Kier alpha value is -0.810. The van der Waals surface area contributed by atoms with Gasteiger partial charge in [-0.3, -0.25) is 0 Å². The lowest BCUT2D eigenvalue weighted by atomic mass is 10.1. The predicted molar refractivity (Wildman–Crippen MR) is 52.9 cm³/mol. The van der Waals surface area contributed by atoms with Crippen LogP contribution in [0.25, 0.3) is 0 Å². The molecular weight excluding hydrogens is 204 g/mol. The maximum atomic E-state index is 11.0. The van der Waals surface area contributed by atoms with Crippen LogP contribution in [0.2, 0.25) is 0 Å².